The summed E-state index contributed by atoms with van der Waals surface area (Å²) in [4.78, 5) is 11.9. The average molecular weight is 387 g/mol. The van der Waals surface area contributed by atoms with Crippen molar-refractivity contribution in [1.82, 2.24) is 25.1 Å². The van der Waals surface area contributed by atoms with E-state index in [0.717, 1.165) is 44.5 Å². The van der Waals surface area contributed by atoms with Crippen LogP contribution in [0.4, 0.5) is 0 Å². The zero-order valence-electron chi connectivity index (χ0n) is 16.0. The number of nitrogens with zero attached hydrogens (tertiary/aromatic N) is 3. The lowest BCUT2D eigenvalue weighted by atomic mass is 10.0. The predicted octanol–water partition coefficient (Wildman–Crippen LogP) is 5.84. The highest BCUT2D eigenvalue weighted by Crippen LogP contribution is 2.35. The van der Waals surface area contributed by atoms with E-state index in [1.807, 2.05) is 36.8 Å². The van der Waals surface area contributed by atoms with E-state index in [1.54, 1.807) is 6.20 Å². The Bertz CT molecular complexity index is 1480. The molecule has 0 bridgehead atoms. The molecule has 0 spiro atoms. The number of H-pyrrole nitrogens is 2. The first kappa shape index (κ1) is 16.7. The third-order valence-electron chi connectivity index (χ3n) is 5.47. The number of pyridine rings is 2. The maximum absolute atomic E-state index is 4.62. The zero-order valence-corrected chi connectivity index (χ0v) is 16.0. The molecule has 30 heavy (non-hydrogen) atoms. The third kappa shape index (κ3) is 2.68. The van der Waals surface area contributed by atoms with Crippen molar-refractivity contribution in [2.75, 3.05) is 0 Å². The lowest BCUT2D eigenvalue weighted by molar-refractivity contribution is 1.12. The van der Waals surface area contributed by atoms with Crippen molar-refractivity contribution in [3.8, 4) is 33.6 Å². The number of benzene rings is 2. The van der Waals surface area contributed by atoms with Gasteiger partial charge in [-0.05, 0) is 59.2 Å². The Morgan fingerprint density at radius 3 is 2.43 bits per heavy atom. The van der Waals surface area contributed by atoms with Gasteiger partial charge in [0.15, 0.2) is 0 Å². The van der Waals surface area contributed by atoms with Crippen LogP contribution < -0.4 is 0 Å². The maximum atomic E-state index is 4.62. The smallest absolute Gasteiger partial charge is 0.116 e. The first-order valence-electron chi connectivity index (χ1n) is 9.78. The highest BCUT2D eigenvalue weighted by molar-refractivity contribution is 6.01. The molecule has 0 amide bonds. The van der Waals surface area contributed by atoms with Crippen LogP contribution in [0.15, 0.2) is 91.5 Å². The fourth-order valence-corrected chi connectivity index (χ4v) is 4.00. The quantitative estimate of drug-likeness (QED) is 0.401. The Morgan fingerprint density at radius 2 is 1.57 bits per heavy atom. The number of fused-ring (bicyclic) bond motifs is 2. The largest absolute Gasteiger partial charge is 0.353 e. The van der Waals surface area contributed by atoms with Crippen molar-refractivity contribution >= 4 is 21.8 Å². The second-order valence-corrected chi connectivity index (χ2v) is 7.26. The number of nitrogens with one attached hydrogen (secondary N) is 2. The number of hydrogen-bond donors (Lipinski definition) is 2. The predicted molar refractivity (Wildman–Crippen MR) is 120 cm³/mol. The minimum atomic E-state index is 0.910. The standard InChI is InChI=1S/C25H17N5/c1-4-19(16-8-11-26-12-9-16)20-14-24(28-22(20)5-1)25-21-13-17(6-7-23(21)29-30-25)18-3-2-10-27-15-18/h1-15,28H,(H,29,30). The minimum Gasteiger partial charge on any atom is -0.353 e. The molecule has 0 aliphatic heterocycles. The van der Waals surface area contributed by atoms with E-state index in [1.165, 1.54) is 10.9 Å². The van der Waals surface area contributed by atoms with Crippen LogP contribution in [0, 0.1) is 0 Å². The topological polar surface area (TPSA) is 70.2 Å². The van der Waals surface area contributed by atoms with Gasteiger partial charge in [0.05, 0.1) is 11.2 Å². The number of rotatable bonds is 3. The van der Waals surface area contributed by atoms with Gasteiger partial charge in [-0.15, -0.1) is 0 Å². The van der Waals surface area contributed by atoms with Crippen molar-refractivity contribution < 1.29 is 0 Å². The third-order valence-corrected chi connectivity index (χ3v) is 5.47. The van der Waals surface area contributed by atoms with Crippen molar-refractivity contribution in [2.45, 2.75) is 0 Å². The Morgan fingerprint density at radius 1 is 0.633 bits per heavy atom. The summed E-state index contributed by atoms with van der Waals surface area (Å²) >= 11 is 0. The van der Waals surface area contributed by atoms with Crippen molar-refractivity contribution in [1.29, 1.82) is 0 Å². The van der Waals surface area contributed by atoms with Gasteiger partial charge in [0, 0.05) is 46.6 Å². The van der Waals surface area contributed by atoms with Crippen LogP contribution in [0.25, 0.3) is 55.4 Å². The van der Waals surface area contributed by atoms with E-state index in [4.69, 9.17) is 0 Å². The summed E-state index contributed by atoms with van der Waals surface area (Å²) in [7, 11) is 0. The molecular weight excluding hydrogens is 370 g/mol. The zero-order chi connectivity index (χ0) is 19.9. The van der Waals surface area contributed by atoms with Gasteiger partial charge in [-0.25, -0.2) is 0 Å². The molecule has 142 valence electrons. The summed E-state index contributed by atoms with van der Waals surface area (Å²) < 4.78 is 0. The lowest BCUT2D eigenvalue weighted by Gasteiger charge is -2.02. The van der Waals surface area contributed by atoms with E-state index >= 15 is 0 Å². The summed E-state index contributed by atoms with van der Waals surface area (Å²) in [5, 5.41) is 10.0. The SMILES string of the molecule is c1cncc(-c2ccc3[nH]nc(-c4cc5c(-c6ccncc6)cccc5[nH]4)c3c2)c1. The molecule has 2 aromatic carbocycles. The first-order valence-corrected chi connectivity index (χ1v) is 9.78. The molecule has 6 aromatic rings. The molecule has 0 aliphatic carbocycles. The molecule has 5 heteroatoms. The summed E-state index contributed by atoms with van der Waals surface area (Å²) in [6.45, 7) is 0. The van der Waals surface area contributed by atoms with Gasteiger partial charge in [-0.1, -0.05) is 24.3 Å². The molecule has 2 N–H and O–H groups in total. The van der Waals surface area contributed by atoms with E-state index in [2.05, 4.69) is 73.7 Å². The van der Waals surface area contributed by atoms with E-state index in [-0.39, 0.29) is 0 Å². The average Bonchev–Trinajstić information content (AvgIpc) is 3.43. The van der Waals surface area contributed by atoms with Crippen LogP contribution in [0.1, 0.15) is 0 Å². The van der Waals surface area contributed by atoms with Gasteiger partial charge < -0.3 is 4.98 Å². The van der Waals surface area contributed by atoms with Gasteiger partial charge in [0.1, 0.15) is 5.69 Å². The Balaban J connectivity index is 1.52. The number of aromatic amines is 2. The van der Waals surface area contributed by atoms with E-state index in [9.17, 15) is 0 Å². The second kappa shape index (κ2) is 6.67. The van der Waals surface area contributed by atoms with Gasteiger partial charge >= 0.3 is 0 Å². The molecule has 4 heterocycles. The van der Waals surface area contributed by atoms with Crippen LogP contribution in [0.3, 0.4) is 0 Å². The first-order chi connectivity index (χ1) is 14.9. The molecule has 0 fully saturated rings. The van der Waals surface area contributed by atoms with Gasteiger partial charge in [0.2, 0.25) is 0 Å². The maximum Gasteiger partial charge on any atom is 0.116 e. The highest BCUT2D eigenvalue weighted by Gasteiger charge is 2.14. The molecule has 0 radical (unpaired) electrons. The molecule has 4 aromatic heterocycles. The van der Waals surface area contributed by atoms with Crippen LogP contribution in [-0.4, -0.2) is 25.1 Å². The monoisotopic (exact) mass is 387 g/mol. The van der Waals surface area contributed by atoms with E-state index in [0.29, 0.717) is 0 Å². The van der Waals surface area contributed by atoms with Gasteiger partial charge in [-0.2, -0.15) is 5.10 Å². The van der Waals surface area contributed by atoms with E-state index < -0.39 is 0 Å². The Kier molecular flexibility index (Phi) is 3.71. The number of hydrogen-bond acceptors (Lipinski definition) is 3. The van der Waals surface area contributed by atoms with Crippen LogP contribution in [0.2, 0.25) is 0 Å². The Hall–Kier alpha value is -4.25. The summed E-state index contributed by atoms with van der Waals surface area (Å²) in [5.41, 5.74) is 8.51. The van der Waals surface area contributed by atoms with Crippen LogP contribution in [-0.2, 0) is 0 Å². The molecule has 0 atom stereocenters. The van der Waals surface area contributed by atoms with Crippen LogP contribution >= 0.6 is 0 Å². The lowest BCUT2D eigenvalue weighted by Crippen LogP contribution is -1.81. The fraction of sp³-hybridized carbons (Fsp3) is 0. The number of aromatic nitrogens is 5. The van der Waals surface area contributed by atoms with Crippen molar-refractivity contribution in [3.05, 3.63) is 91.5 Å². The van der Waals surface area contributed by atoms with Crippen molar-refractivity contribution in [3.63, 3.8) is 0 Å². The summed E-state index contributed by atoms with van der Waals surface area (Å²) in [6.07, 6.45) is 7.31. The van der Waals surface area contributed by atoms with Crippen molar-refractivity contribution in [2.24, 2.45) is 0 Å². The van der Waals surface area contributed by atoms with Gasteiger partial charge in [0.25, 0.3) is 0 Å². The fourth-order valence-electron chi connectivity index (χ4n) is 4.00. The molecule has 0 aliphatic rings. The molecule has 0 saturated carbocycles. The Labute approximate surface area is 172 Å². The molecule has 6 rings (SSSR count). The molecule has 5 nitrogen and oxygen atoms in total. The summed E-state index contributed by atoms with van der Waals surface area (Å²) in [6, 6.07) is 22.9. The molecule has 0 unspecified atom stereocenters. The summed E-state index contributed by atoms with van der Waals surface area (Å²) in [5.74, 6) is 0. The normalized spacial score (nSPS) is 11.3. The van der Waals surface area contributed by atoms with Crippen LogP contribution in [0.5, 0.6) is 0 Å². The van der Waals surface area contributed by atoms with Gasteiger partial charge in [-0.3, -0.25) is 15.1 Å². The second-order valence-electron chi connectivity index (χ2n) is 7.26. The molecule has 0 saturated heterocycles. The molecular formula is C25H17N5. The minimum absolute atomic E-state index is 0.910. The highest BCUT2D eigenvalue weighted by atomic mass is 15.1.